The van der Waals surface area contributed by atoms with Crippen molar-refractivity contribution in [2.45, 2.75) is 76.9 Å². The van der Waals surface area contributed by atoms with Gasteiger partial charge in [0.25, 0.3) is 6.47 Å². The molecule has 0 bridgehead atoms. The third kappa shape index (κ3) is 5.06. The van der Waals surface area contributed by atoms with Crippen molar-refractivity contribution in [2.75, 3.05) is 6.79 Å². The molecule has 0 aromatic heterocycles. The topological polar surface area (TPSA) is 76.0 Å². The van der Waals surface area contributed by atoms with Crippen molar-refractivity contribution in [3.8, 4) is 5.75 Å². The van der Waals surface area contributed by atoms with E-state index in [9.17, 15) is 15.0 Å². The number of ether oxygens (including phenoxy) is 2. The van der Waals surface area contributed by atoms with E-state index in [0.717, 1.165) is 50.7 Å². The zero-order valence-corrected chi connectivity index (χ0v) is 16.9. The minimum atomic E-state index is -0.282. The second-order valence-corrected chi connectivity index (χ2v) is 8.44. The fraction of sp³-hybridized carbons (Fsp3) is 0.696. The molecular weight excluding hydrogens is 356 g/mol. The van der Waals surface area contributed by atoms with Gasteiger partial charge in [-0.2, -0.15) is 0 Å². The summed E-state index contributed by atoms with van der Waals surface area (Å²) in [6.07, 6.45) is 8.11. The van der Waals surface area contributed by atoms with Crippen molar-refractivity contribution >= 4 is 6.47 Å². The molecule has 2 aliphatic carbocycles. The molecule has 0 aliphatic heterocycles. The van der Waals surface area contributed by atoms with Crippen LogP contribution in [0.2, 0.25) is 0 Å². The quantitative estimate of drug-likeness (QED) is 0.343. The van der Waals surface area contributed by atoms with Crippen molar-refractivity contribution in [1.82, 2.24) is 0 Å². The first-order chi connectivity index (χ1) is 13.6. The molecule has 3 rings (SSSR count). The highest BCUT2D eigenvalue weighted by Gasteiger charge is 2.44. The van der Waals surface area contributed by atoms with Gasteiger partial charge in [-0.3, -0.25) is 4.79 Å². The monoisotopic (exact) mass is 390 g/mol. The molecule has 1 aromatic carbocycles. The van der Waals surface area contributed by atoms with Gasteiger partial charge in [-0.15, -0.1) is 0 Å². The summed E-state index contributed by atoms with van der Waals surface area (Å²) >= 11 is 0. The van der Waals surface area contributed by atoms with Crippen LogP contribution >= 0.6 is 0 Å². The van der Waals surface area contributed by atoms with E-state index in [1.165, 1.54) is 24.0 Å². The van der Waals surface area contributed by atoms with E-state index >= 15 is 0 Å². The van der Waals surface area contributed by atoms with Crippen LogP contribution in [-0.4, -0.2) is 35.7 Å². The van der Waals surface area contributed by atoms with Gasteiger partial charge in [-0.05, 0) is 73.5 Å². The Balaban J connectivity index is 1.61. The van der Waals surface area contributed by atoms with E-state index in [1.54, 1.807) is 0 Å². The number of aliphatic hydroxyl groups excluding tert-OH is 2. The normalized spacial score (nSPS) is 27.0. The summed E-state index contributed by atoms with van der Waals surface area (Å²) in [6.45, 7) is 2.49. The molecule has 28 heavy (non-hydrogen) atoms. The first-order valence-electron chi connectivity index (χ1n) is 10.8. The predicted octanol–water partition coefficient (Wildman–Crippen LogP) is 3.63. The van der Waals surface area contributed by atoms with E-state index in [4.69, 9.17) is 4.74 Å². The van der Waals surface area contributed by atoms with Crippen molar-refractivity contribution in [3.05, 3.63) is 29.3 Å². The molecule has 1 unspecified atom stereocenters. The second-order valence-electron chi connectivity index (χ2n) is 8.44. The van der Waals surface area contributed by atoms with Gasteiger partial charge in [0.05, 0.1) is 12.2 Å². The summed E-state index contributed by atoms with van der Waals surface area (Å²) < 4.78 is 10.3. The molecule has 2 aliphatic rings. The number of aliphatic hydroxyl groups is 2. The number of hydrogen-bond donors (Lipinski definition) is 2. The summed E-state index contributed by atoms with van der Waals surface area (Å²) in [7, 11) is 0. The van der Waals surface area contributed by atoms with Crippen LogP contribution in [0.5, 0.6) is 5.75 Å². The summed E-state index contributed by atoms with van der Waals surface area (Å²) in [6, 6.07) is 6.04. The van der Waals surface area contributed by atoms with Gasteiger partial charge in [0, 0.05) is 0 Å². The maximum absolute atomic E-state index is 10.7. The molecule has 1 aromatic rings. The lowest BCUT2D eigenvalue weighted by Crippen LogP contribution is -2.28. The Bertz CT molecular complexity index is 631. The number of unbranched alkanes of at least 4 members (excludes halogenated alkanes) is 2. The molecule has 2 N–H and O–H groups in total. The number of carbonyl (C=O) groups is 1. The Kier molecular flexibility index (Phi) is 7.74. The molecular formula is C23H34O5. The maximum atomic E-state index is 10.7. The van der Waals surface area contributed by atoms with Crippen LogP contribution in [0.15, 0.2) is 18.2 Å². The Labute approximate surface area is 168 Å². The first-order valence-corrected chi connectivity index (χ1v) is 10.8. The number of carbonyl (C=O) groups excluding carboxylic acids is 1. The molecule has 0 saturated heterocycles. The molecule has 5 nitrogen and oxygen atoms in total. The molecule has 0 heterocycles. The lowest BCUT2D eigenvalue weighted by molar-refractivity contribution is -0.134. The van der Waals surface area contributed by atoms with Gasteiger partial charge >= 0.3 is 0 Å². The highest BCUT2D eigenvalue weighted by atomic mass is 16.7. The summed E-state index contributed by atoms with van der Waals surface area (Å²) in [5, 5.41) is 21.0. The van der Waals surface area contributed by atoms with E-state index in [0.29, 0.717) is 18.3 Å². The standard InChI is InChI=1S/C23H34O5/c1-2-3-4-7-18(25)9-10-19-20-11-16-6-5-8-23(28-15-27-14-24)21(16)12-17(20)13-22(19)26/h5-6,8,14,17-20,22,25-26H,2-4,7,9-13,15H2,1H3/t17?,18-,19+,20-,22+/m0/s1. The van der Waals surface area contributed by atoms with Crippen molar-refractivity contribution < 1.29 is 24.5 Å². The van der Waals surface area contributed by atoms with Gasteiger partial charge in [0.15, 0.2) is 0 Å². The lowest BCUT2D eigenvalue weighted by atomic mass is 9.73. The lowest BCUT2D eigenvalue weighted by Gasteiger charge is -2.32. The van der Waals surface area contributed by atoms with Crippen LogP contribution in [0.25, 0.3) is 0 Å². The fourth-order valence-corrected chi connectivity index (χ4v) is 5.22. The van der Waals surface area contributed by atoms with Gasteiger partial charge in [-0.25, -0.2) is 0 Å². The average molecular weight is 391 g/mol. The molecule has 5 atom stereocenters. The Hall–Kier alpha value is -1.59. The number of rotatable bonds is 11. The Morgan fingerprint density at radius 2 is 2.11 bits per heavy atom. The van der Waals surface area contributed by atoms with E-state index in [2.05, 4.69) is 17.7 Å². The molecule has 1 fully saturated rings. The maximum Gasteiger partial charge on any atom is 0.295 e. The molecule has 0 radical (unpaired) electrons. The Morgan fingerprint density at radius 3 is 2.89 bits per heavy atom. The minimum Gasteiger partial charge on any atom is -0.457 e. The number of benzene rings is 1. The van der Waals surface area contributed by atoms with Crippen LogP contribution in [-0.2, 0) is 22.4 Å². The number of hydrogen-bond acceptors (Lipinski definition) is 5. The van der Waals surface area contributed by atoms with Crippen molar-refractivity contribution in [2.24, 2.45) is 17.8 Å². The molecule has 156 valence electrons. The van der Waals surface area contributed by atoms with Crippen molar-refractivity contribution in [1.29, 1.82) is 0 Å². The van der Waals surface area contributed by atoms with Crippen LogP contribution in [0.3, 0.4) is 0 Å². The van der Waals surface area contributed by atoms with Gasteiger partial charge in [-0.1, -0.05) is 38.3 Å². The van der Waals surface area contributed by atoms with Gasteiger partial charge in [0.2, 0.25) is 6.79 Å². The summed E-state index contributed by atoms with van der Waals surface area (Å²) in [5.41, 5.74) is 2.46. The zero-order chi connectivity index (χ0) is 19.9. The van der Waals surface area contributed by atoms with E-state index in [1.807, 2.05) is 12.1 Å². The minimum absolute atomic E-state index is 0.0742. The molecule has 0 spiro atoms. The summed E-state index contributed by atoms with van der Waals surface area (Å²) in [4.78, 5) is 10.3. The highest BCUT2D eigenvalue weighted by Crippen LogP contribution is 2.48. The van der Waals surface area contributed by atoms with Crippen LogP contribution < -0.4 is 4.74 Å². The largest absolute Gasteiger partial charge is 0.457 e. The SMILES string of the molecule is CCCCC[C@H](O)CC[C@H]1[C@H](O)CC2Cc3c(cccc3OCOC=O)C[C@@H]21. The van der Waals surface area contributed by atoms with Gasteiger partial charge < -0.3 is 19.7 Å². The Morgan fingerprint density at radius 1 is 1.25 bits per heavy atom. The average Bonchev–Trinajstić information content (AvgIpc) is 2.99. The van der Waals surface area contributed by atoms with E-state index < -0.39 is 0 Å². The van der Waals surface area contributed by atoms with Gasteiger partial charge in [0.1, 0.15) is 5.75 Å². The fourth-order valence-electron chi connectivity index (χ4n) is 5.22. The number of fused-ring (bicyclic) bond motifs is 2. The zero-order valence-electron chi connectivity index (χ0n) is 16.9. The second kappa shape index (κ2) is 10.3. The van der Waals surface area contributed by atoms with Crippen LogP contribution in [0.4, 0.5) is 0 Å². The first kappa shape index (κ1) is 21.1. The predicted molar refractivity (Wildman–Crippen MR) is 107 cm³/mol. The third-order valence-electron chi connectivity index (χ3n) is 6.67. The van der Waals surface area contributed by atoms with Crippen LogP contribution in [0.1, 0.15) is 63.0 Å². The highest BCUT2D eigenvalue weighted by molar-refractivity contribution is 5.43. The van der Waals surface area contributed by atoms with Crippen LogP contribution in [0, 0.1) is 17.8 Å². The molecule has 0 amide bonds. The third-order valence-corrected chi connectivity index (χ3v) is 6.67. The van der Waals surface area contributed by atoms with E-state index in [-0.39, 0.29) is 24.9 Å². The molecule has 5 heteroatoms. The molecule has 1 saturated carbocycles. The summed E-state index contributed by atoms with van der Waals surface area (Å²) in [5.74, 6) is 1.96. The van der Waals surface area contributed by atoms with Crippen molar-refractivity contribution in [3.63, 3.8) is 0 Å². The smallest absolute Gasteiger partial charge is 0.295 e.